The largest absolute Gasteiger partial charge is 0.313 e. The van der Waals surface area contributed by atoms with Crippen LogP contribution in [-0.4, -0.2) is 37.1 Å². The van der Waals surface area contributed by atoms with Crippen LogP contribution in [0.4, 0.5) is 0 Å². The summed E-state index contributed by atoms with van der Waals surface area (Å²) in [4.78, 5) is 2.60. The van der Waals surface area contributed by atoms with Crippen molar-refractivity contribution < 1.29 is 0 Å². The maximum atomic E-state index is 5.89. The van der Waals surface area contributed by atoms with Crippen molar-refractivity contribution in [1.82, 2.24) is 10.2 Å². The number of benzene rings is 1. The van der Waals surface area contributed by atoms with Crippen molar-refractivity contribution in [1.29, 1.82) is 0 Å². The van der Waals surface area contributed by atoms with Crippen molar-refractivity contribution in [2.24, 2.45) is 5.92 Å². The van der Waals surface area contributed by atoms with Crippen LogP contribution in [0.3, 0.4) is 0 Å². The number of halogens is 1. The fraction of sp³-hybridized carbons (Fsp3) is 0.600. The first-order valence-electron chi connectivity index (χ1n) is 7.01. The highest BCUT2D eigenvalue weighted by molar-refractivity contribution is 6.30. The third-order valence-corrected chi connectivity index (χ3v) is 4.62. The topological polar surface area (TPSA) is 15.3 Å². The molecule has 2 bridgehead atoms. The minimum Gasteiger partial charge on any atom is -0.313 e. The lowest BCUT2D eigenvalue weighted by molar-refractivity contribution is 0.222. The minimum atomic E-state index is 0.746. The molecule has 2 fully saturated rings. The SMILES string of the molecule is Clc1ccc(CCNC2CCN3CCC2C3)cc1. The van der Waals surface area contributed by atoms with Gasteiger partial charge in [-0.15, -0.1) is 0 Å². The van der Waals surface area contributed by atoms with Crippen molar-refractivity contribution in [2.45, 2.75) is 25.3 Å². The first kappa shape index (κ1) is 12.5. The molecule has 0 aliphatic carbocycles. The van der Waals surface area contributed by atoms with Crippen LogP contribution in [0.1, 0.15) is 18.4 Å². The van der Waals surface area contributed by atoms with Gasteiger partial charge < -0.3 is 10.2 Å². The Kier molecular flexibility index (Phi) is 3.88. The Balaban J connectivity index is 1.45. The van der Waals surface area contributed by atoms with Crippen molar-refractivity contribution >= 4 is 11.6 Å². The third kappa shape index (κ3) is 2.87. The first-order valence-corrected chi connectivity index (χ1v) is 7.39. The Hall–Kier alpha value is -0.570. The predicted octanol–water partition coefficient (Wildman–Crippen LogP) is 2.57. The molecule has 0 amide bonds. The number of fused-ring (bicyclic) bond motifs is 2. The fourth-order valence-corrected chi connectivity index (χ4v) is 3.40. The predicted molar refractivity (Wildman–Crippen MR) is 76.1 cm³/mol. The van der Waals surface area contributed by atoms with Gasteiger partial charge in [0.2, 0.25) is 0 Å². The lowest BCUT2D eigenvalue weighted by atomic mass is 9.94. The van der Waals surface area contributed by atoms with Gasteiger partial charge in [0, 0.05) is 17.6 Å². The summed E-state index contributed by atoms with van der Waals surface area (Å²) in [5, 5.41) is 4.58. The van der Waals surface area contributed by atoms with E-state index in [1.165, 1.54) is 38.0 Å². The molecule has 2 aliphatic rings. The summed E-state index contributed by atoms with van der Waals surface area (Å²) >= 11 is 5.89. The molecule has 0 spiro atoms. The molecule has 3 atom stereocenters. The third-order valence-electron chi connectivity index (χ3n) is 4.37. The van der Waals surface area contributed by atoms with Crippen LogP contribution in [0.5, 0.6) is 0 Å². The highest BCUT2D eigenvalue weighted by Crippen LogP contribution is 2.26. The summed E-state index contributed by atoms with van der Waals surface area (Å²) in [6.45, 7) is 5.01. The second-order valence-corrected chi connectivity index (χ2v) is 6.01. The van der Waals surface area contributed by atoms with Gasteiger partial charge in [0.25, 0.3) is 0 Å². The van der Waals surface area contributed by atoms with Crippen molar-refractivity contribution in [3.63, 3.8) is 0 Å². The molecule has 1 aromatic rings. The second-order valence-electron chi connectivity index (χ2n) is 5.58. The second kappa shape index (κ2) is 5.60. The van der Waals surface area contributed by atoms with Crippen LogP contribution < -0.4 is 5.32 Å². The van der Waals surface area contributed by atoms with Crippen LogP contribution >= 0.6 is 11.6 Å². The van der Waals surface area contributed by atoms with Gasteiger partial charge in [0.05, 0.1) is 0 Å². The van der Waals surface area contributed by atoms with Crippen molar-refractivity contribution in [2.75, 3.05) is 26.2 Å². The fourth-order valence-electron chi connectivity index (χ4n) is 3.27. The average molecular weight is 265 g/mol. The number of piperidine rings is 1. The van der Waals surface area contributed by atoms with E-state index in [2.05, 4.69) is 22.3 Å². The van der Waals surface area contributed by atoms with Gasteiger partial charge in [0.1, 0.15) is 0 Å². The molecule has 1 aromatic carbocycles. The van der Waals surface area contributed by atoms with Crippen LogP contribution in [0, 0.1) is 5.92 Å². The molecule has 98 valence electrons. The highest BCUT2D eigenvalue weighted by Gasteiger charge is 2.33. The normalized spacial score (nSPS) is 30.6. The molecule has 2 nitrogen and oxygen atoms in total. The average Bonchev–Trinajstić information content (AvgIpc) is 2.77. The van der Waals surface area contributed by atoms with Gasteiger partial charge in [-0.3, -0.25) is 0 Å². The van der Waals surface area contributed by atoms with E-state index in [-0.39, 0.29) is 0 Å². The number of rotatable bonds is 4. The molecule has 2 heterocycles. The molecule has 3 rings (SSSR count). The zero-order valence-electron chi connectivity index (χ0n) is 10.7. The summed E-state index contributed by atoms with van der Waals surface area (Å²) in [5.74, 6) is 0.893. The molecule has 2 saturated heterocycles. The molecule has 0 radical (unpaired) electrons. The number of nitrogens with one attached hydrogen (secondary N) is 1. The molecular weight excluding hydrogens is 244 g/mol. The van der Waals surface area contributed by atoms with Crippen LogP contribution in [0.2, 0.25) is 5.02 Å². The van der Waals surface area contributed by atoms with Gasteiger partial charge in [-0.05, 0) is 62.5 Å². The van der Waals surface area contributed by atoms with Crippen LogP contribution in [0.15, 0.2) is 24.3 Å². The van der Waals surface area contributed by atoms with Gasteiger partial charge in [0.15, 0.2) is 0 Å². The van der Waals surface area contributed by atoms with Gasteiger partial charge in [-0.1, -0.05) is 23.7 Å². The maximum Gasteiger partial charge on any atom is 0.0406 e. The summed E-state index contributed by atoms with van der Waals surface area (Å²) in [5.41, 5.74) is 1.37. The molecule has 2 aliphatic heterocycles. The van der Waals surface area contributed by atoms with Gasteiger partial charge in [-0.25, -0.2) is 0 Å². The van der Waals surface area contributed by atoms with Gasteiger partial charge >= 0.3 is 0 Å². The molecule has 3 heteroatoms. The summed E-state index contributed by atoms with van der Waals surface area (Å²) in [7, 11) is 0. The van der Waals surface area contributed by atoms with Crippen molar-refractivity contribution in [3.8, 4) is 0 Å². The first-order chi connectivity index (χ1) is 8.81. The van der Waals surface area contributed by atoms with E-state index in [4.69, 9.17) is 11.6 Å². The summed E-state index contributed by atoms with van der Waals surface area (Å²) in [6.07, 6.45) is 3.81. The lowest BCUT2D eigenvalue weighted by Gasteiger charge is -2.31. The van der Waals surface area contributed by atoms with E-state index in [9.17, 15) is 0 Å². The minimum absolute atomic E-state index is 0.746. The molecular formula is C15H21ClN2. The molecule has 0 saturated carbocycles. The van der Waals surface area contributed by atoms with E-state index in [0.29, 0.717) is 0 Å². The maximum absolute atomic E-state index is 5.89. The van der Waals surface area contributed by atoms with E-state index >= 15 is 0 Å². The zero-order chi connectivity index (χ0) is 12.4. The lowest BCUT2D eigenvalue weighted by Crippen LogP contribution is -2.44. The quantitative estimate of drug-likeness (QED) is 0.899. The van der Waals surface area contributed by atoms with E-state index < -0.39 is 0 Å². The Labute approximate surface area is 114 Å². The monoisotopic (exact) mass is 264 g/mol. The molecule has 3 unspecified atom stereocenters. The van der Waals surface area contributed by atoms with Gasteiger partial charge in [-0.2, -0.15) is 0 Å². The van der Waals surface area contributed by atoms with E-state index in [0.717, 1.165) is 29.9 Å². The Bertz CT molecular complexity index is 390. The Morgan fingerprint density at radius 2 is 1.94 bits per heavy atom. The number of nitrogens with zero attached hydrogens (tertiary/aromatic N) is 1. The van der Waals surface area contributed by atoms with Crippen molar-refractivity contribution in [3.05, 3.63) is 34.9 Å². The summed E-state index contributed by atoms with van der Waals surface area (Å²) in [6, 6.07) is 8.96. The standard InChI is InChI=1S/C15H21ClN2/c16-14-3-1-12(2-4-14)5-8-17-15-7-10-18-9-6-13(15)11-18/h1-4,13,15,17H,5-11H2. The van der Waals surface area contributed by atoms with E-state index in [1.807, 2.05) is 12.1 Å². The number of hydrogen-bond acceptors (Lipinski definition) is 2. The Morgan fingerprint density at radius 3 is 2.78 bits per heavy atom. The van der Waals surface area contributed by atoms with E-state index in [1.54, 1.807) is 0 Å². The number of hydrogen-bond donors (Lipinski definition) is 1. The molecule has 1 N–H and O–H groups in total. The van der Waals surface area contributed by atoms with Crippen LogP contribution in [0.25, 0.3) is 0 Å². The van der Waals surface area contributed by atoms with Crippen LogP contribution in [-0.2, 0) is 6.42 Å². The summed E-state index contributed by atoms with van der Waals surface area (Å²) < 4.78 is 0. The molecule has 0 aromatic heterocycles. The zero-order valence-corrected chi connectivity index (χ0v) is 11.5. The highest BCUT2D eigenvalue weighted by atomic mass is 35.5. The Morgan fingerprint density at radius 1 is 1.17 bits per heavy atom. The smallest absolute Gasteiger partial charge is 0.0406 e. The molecule has 18 heavy (non-hydrogen) atoms.